The van der Waals surface area contributed by atoms with E-state index in [-0.39, 0.29) is 11.3 Å². The molecule has 1 aromatic heterocycles. The van der Waals surface area contributed by atoms with Gasteiger partial charge in [0, 0.05) is 18.0 Å². The average molecular weight is 296 g/mol. The highest BCUT2D eigenvalue weighted by Gasteiger charge is 2.19. The Labute approximate surface area is 120 Å². The van der Waals surface area contributed by atoms with Crippen LogP contribution in [-0.4, -0.2) is 17.6 Å². The first kappa shape index (κ1) is 14.1. The number of nitrogens with one attached hydrogen (secondary N) is 1. The number of hydrogen-bond donors (Lipinski definition) is 1. The average Bonchev–Trinajstić information content (AvgIpc) is 3.17. The van der Waals surface area contributed by atoms with E-state index in [9.17, 15) is 13.2 Å². The second-order valence-electron chi connectivity index (χ2n) is 5.20. The fourth-order valence-electron chi connectivity index (χ4n) is 2.09. The van der Waals surface area contributed by atoms with Crippen LogP contribution in [0.3, 0.4) is 0 Å². The lowest BCUT2D eigenvalue weighted by molar-refractivity contribution is 0.446. The Bertz CT molecular complexity index is 615. The van der Waals surface area contributed by atoms with Crippen LogP contribution in [-0.2, 0) is 6.42 Å². The Morgan fingerprint density at radius 2 is 1.90 bits per heavy atom. The van der Waals surface area contributed by atoms with E-state index in [1.807, 2.05) is 0 Å². The Balaban J connectivity index is 1.63. The Hall–Kier alpha value is -1.82. The van der Waals surface area contributed by atoms with Crippen LogP contribution in [0.4, 0.5) is 13.2 Å². The van der Waals surface area contributed by atoms with Gasteiger partial charge in [-0.1, -0.05) is 0 Å². The van der Waals surface area contributed by atoms with Crippen LogP contribution in [0.15, 0.2) is 22.7 Å². The molecule has 0 amide bonds. The fraction of sp³-hybridized carbons (Fsp3) is 0.400. The van der Waals surface area contributed by atoms with E-state index in [0.29, 0.717) is 18.4 Å². The third-order valence-corrected chi connectivity index (χ3v) is 3.40. The maximum atomic E-state index is 13.2. The molecule has 1 heterocycles. The molecule has 0 unspecified atom stereocenters. The molecule has 1 aliphatic carbocycles. The lowest BCUT2D eigenvalue weighted by Crippen LogP contribution is -2.17. The molecule has 0 saturated heterocycles. The first-order valence-electron chi connectivity index (χ1n) is 6.96. The summed E-state index contributed by atoms with van der Waals surface area (Å²) in [7, 11) is 0. The van der Waals surface area contributed by atoms with E-state index in [1.54, 1.807) is 0 Å². The summed E-state index contributed by atoms with van der Waals surface area (Å²) >= 11 is 0. The van der Waals surface area contributed by atoms with Gasteiger partial charge in [-0.05, 0) is 37.9 Å². The molecule has 0 atom stereocenters. The zero-order valence-electron chi connectivity index (χ0n) is 11.3. The van der Waals surface area contributed by atoms with Gasteiger partial charge in [0.1, 0.15) is 0 Å². The van der Waals surface area contributed by atoms with Gasteiger partial charge in [0.2, 0.25) is 0 Å². The number of oxazole rings is 1. The van der Waals surface area contributed by atoms with Crippen LogP contribution in [0.2, 0.25) is 0 Å². The summed E-state index contributed by atoms with van der Waals surface area (Å²) < 4.78 is 44.7. The van der Waals surface area contributed by atoms with E-state index in [1.165, 1.54) is 19.0 Å². The van der Waals surface area contributed by atoms with Crippen molar-refractivity contribution in [1.29, 1.82) is 0 Å². The van der Waals surface area contributed by atoms with Crippen LogP contribution in [0.25, 0.3) is 11.3 Å². The van der Waals surface area contributed by atoms with Gasteiger partial charge in [0.25, 0.3) is 0 Å². The first-order valence-corrected chi connectivity index (χ1v) is 6.96. The minimum Gasteiger partial charge on any atom is -0.441 e. The summed E-state index contributed by atoms with van der Waals surface area (Å²) in [6.07, 6.45) is 5.40. The van der Waals surface area contributed by atoms with Crippen LogP contribution < -0.4 is 5.32 Å². The standard InChI is InChI=1S/C15H15F3N2O/c16-11-6-9(7-12(17)15(11)18)13-8-20-14(21-13)2-1-5-19-10-3-4-10/h6-8,10,19H,1-5H2. The molecule has 2 aromatic rings. The molecule has 112 valence electrons. The summed E-state index contributed by atoms with van der Waals surface area (Å²) in [5, 5.41) is 3.38. The molecule has 0 spiro atoms. The molecule has 1 aliphatic rings. The van der Waals surface area contributed by atoms with E-state index in [4.69, 9.17) is 4.42 Å². The summed E-state index contributed by atoms with van der Waals surface area (Å²) in [5.41, 5.74) is 0.140. The summed E-state index contributed by atoms with van der Waals surface area (Å²) in [4.78, 5) is 4.07. The van der Waals surface area contributed by atoms with Gasteiger partial charge < -0.3 is 9.73 Å². The number of aromatic nitrogens is 1. The lowest BCUT2D eigenvalue weighted by Gasteiger charge is -2.01. The molecular formula is C15H15F3N2O. The van der Waals surface area contributed by atoms with Gasteiger partial charge in [0.15, 0.2) is 29.1 Å². The highest BCUT2D eigenvalue weighted by Crippen LogP contribution is 2.25. The van der Waals surface area contributed by atoms with Gasteiger partial charge in [-0.15, -0.1) is 0 Å². The summed E-state index contributed by atoms with van der Waals surface area (Å²) in [6, 6.07) is 2.46. The molecule has 1 aromatic carbocycles. The first-order chi connectivity index (χ1) is 10.1. The smallest absolute Gasteiger partial charge is 0.194 e. The second-order valence-corrected chi connectivity index (χ2v) is 5.20. The zero-order chi connectivity index (χ0) is 14.8. The highest BCUT2D eigenvalue weighted by molar-refractivity contribution is 5.56. The third kappa shape index (κ3) is 3.44. The van der Waals surface area contributed by atoms with Gasteiger partial charge in [-0.25, -0.2) is 18.2 Å². The normalized spacial score (nSPS) is 14.6. The monoisotopic (exact) mass is 296 g/mol. The van der Waals surface area contributed by atoms with Gasteiger partial charge in [0.05, 0.1) is 6.20 Å². The molecule has 0 aliphatic heterocycles. The number of benzene rings is 1. The van der Waals surface area contributed by atoms with Crippen molar-refractivity contribution in [3.63, 3.8) is 0 Å². The Morgan fingerprint density at radius 3 is 2.57 bits per heavy atom. The molecular weight excluding hydrogens is 281 g/mol. The minimum atomic E-state index is -1.48. The topological polar surface area (TPSA) is 38.1 Å². The van der Waals surface area contributed by atoms with Crippen LogP contribution in [0.1, 0.15) is 25.2 Å². The third-order valence-electron chi connectivity index (χ3n) is 3.40. The largest absolute Gasteiger partial charge is 0.441 e. The number of halogens is 3. The van der Waals surface area contributed by atoms with Crippen molar-refractivity contribution >= 4 is 0 Å². The SMILES string of the molecule is Fc1cc(-c2cnc(CCCNC3CC3)o2)cc(F)c1F. The van der Waals surface area contributed by atoms with E-state index >= 15 is 0 Å². The molecule has 6 heteroatoms. The van der Waals surface area contributed by atoms with E-state index in [2.05, 4.69) is 10.3 Å². The summed E-state index contributed by atoms with van der Waals surface area (Å²) in [6.45, 7) is 0.891. The maximum absolute atomic E-state index is 13.2. The molecule has 1 N–H and O–H groups in total. The predicted molar refractivity (Wildman–Crippen MR) is 71.2 cm³/mol. The number of aryl methyl sites for hydroxylation is 1. The Kier molecular flexibility index (Phi) is 3.96. The molecule has 21 heavy (non-hydrogen) atoms. The maximum Gasteiger partial charge on any atom is 0.194 e. The molecule has 3 nitrogen and oxygen atoms in total. The number of nitrogens with zero attached hydrogens (tertiary/aromatic N) is 1. The van der Waals surface area contributed by atoms with E-state index < -0.39 is 17.5 Å². The molecule has 0 bridgehead atoms. The van der Waals surface area contributed by atoms with Crippen molar-refractivity contribution < 1.29 is 17.6 Å². The molecule has 3 rings (SSSR count). The van der Waals surface area contributed by atoms with E-state index in [0.717, 1.165) is 25.1 Å². The van der Waals surface area contributed by atoms with Crippen LogP contribution in [0.5, 0.6) is 0 Å². The van der Waals surface area contributed by atoms with Crippen molar-refractivity contribution in [2.24, 2.45) is 0 Å². The van der Waals surface area contributed by atoms with Crippen molar-refractivity contribution in [3.8, 4) is 11.3 Å². The minimum absolute atomic E-state index is 0.140. The predicted octanol–water partition coefficient (Wildman–Crippen LogP) is 3.44. The second kappa shape index (κ2) is 5.89. The van der Waals surface area contributed by atoms with Crippen LogP contribution in [0, 0.1) is 17.5 Å². The van der Waals surface area contributed by atoms with Crippen molar-refractivity contribution in [2.75, 3.05) is 6.54 Å². The summed E-state index contributed by atoms with van der Waals surface area (Å²) in [5.74, 6) is -3.22. The van der Waals surface area contributed by atoms with Crippen molar-refractivity contribution in [2.45, 2.75) is 31.7 Å². The van der Waals surface area contributed by atoms with Gasteiger partial charge in [-0.3, -0.25) is 0 Å². The number of hydrogen-bond acceptors (Lipinski definition) is 3. The number of rotatable bonds is 6. The quantitative estimate of drug-likeness (QED) is 0.655. The van der Waals surface area contributed by atoms with Gasteiger partial charge >= 0.3 is 0 Å². The highest BCUT2D eigenvalue weighted by atomic mass is 19.2. The van der Waals surface area contributed by atoms with Crippen LogP contribution >= 0.6 is 0 Å². The lowest BCUT2D eigenvalue weighted by atomic mass is 10.1. The zero-order valence-corrected chi connectivity index (χ0v) is 11.3. The van der Waals surface area contributed by atoms with Crippen molar-refractivity contribution in [3.05, 3.63) is 41.7 Å². The molecule has 1 fully saturated rings. The van der Waals surface area contributed by atoms with Gasteiger partial charge in [-0.2, -0.15) is 0 Å². The van der Waals surface area contributed by atoms with Crippen molar-refractivity contribution in [1.82, 2.24) is 10.3 Å². The molecule has 1 saturated carbocycles. The Morgan fingerprint density at radius 1 is 1.19 bits per heavy atom. The molecule has 0 radical (unpaired) electrons. The fourth-order valence-corrected chi connectivity index (χ4v) is 2.09.